The van der Waals surface area contributed by atoms with E-state index in [0.717, 1.165) is 16.7 Å². The second-order valence-electron chi connectivity index (χ2n) is 8.20. The van der Waals surface area contributed by atoms with Crippen molar-refractivity contribution in [1.29, 1.82) is 0 Å². The third-order valence-corrected chi connectivity index (χ3v) is 6.41. The predicted octanol–water partition coefficient (Wildman–Crippen LogP) is 5.19. The Kier molecular flexibility index (Phi) is 5.71. The minimum absolute atomic E-state index is 0.0332. The summed E-state index contributed by atoms with van der Waals surface area (Å²) in [4.78, 5) is 13.1. The molecule has 0 radical (unpaired) electrons. The molecule has 0 saturated carbocycles. The fraction of sp³-hybridized carbons (Fsp3) is 0.348. The standard InChI is InChI=1S/C23H27NO3S/c1-14-12-18(16(3)24-28(26)23(4,5)6)22-19(13-14)20(25)15(2)21(27-22)17-10-8-7-9-11-17/h7-13,16,24H,1-6H3/t16?,28-/m1/s1. The normalized spacial score (nSPS) is 14.2. The highest BCUT2D eigenvalue weighted by atomic mass is 32.2. The molecule has 1 N–H and O–H groups in total. The number of rotatable bonds is 4. The molecular formula is C23H27NO3S. The summed E-state index contributed by atoms with van der Waals surface area (Å²) in [5.74, 6) is 0.576. The lowest BCUT2D eigenvalue weighted by Crippen LogP contribution is -2.40. The van der Waals surface area contributed by atoms with Crippen molar-refractivity contribution in [3.8, 4) is 11.3 Å². The maximum atomic E-state index is 13.1. The summed E-state index contributed by atoms with van der Waals surface area (Å²) < 4.78 is 21.7. The molecule has 0 aliphatic heterocycles. The molecule has 0 aliphatic rings. The van der Waals surface area contributed by atoms with E-state index in [1.54, 1.807) is 6.92 Å². The average molecular weight is 398 g/mol. The first-order valence-corrected chi connectivity index (χ1v) is 10.6. The first-order chi connectivity index (χ1) is 13.1. The Bertz CT molecular complexity index is 1050. The molecule has 0 saturated heterocycles. The first-order valence-electron chi connectivity index (χ1n) is 9.41. The van der Waals surface area contributed by atoms with Gasteiger partial charge in [0.15, 0.2) is 5.43 Å². The third-order valence-electron chi connectivity index (χ3n) is 4.73. The zero-order valence-electron chi connectivity index (χ0n) is 17.3. The van der Waals surface area contributed by atoms with E-state index in [2.05, 4.69) is 4.72 Å². The van der Waals surface area contributed by atoms with Gasteiger partial charge >= 0.3 is 0 Å². The molecule has 0 amide bonds. The largest absolute Gasteiger partial charge is 0.598 e. The van der Waals surface area contributed by atoms with Gasteiger partial charge in [-0.25, -0.2) is 0 Å². The third kappa shape index (κ3) is 4.02. The minimum atomic E-state index is -1.24. The molecule has 148 valence electrons. The van der Waals surface area contributed by atoms with Gasteiger partial charge in [0.25, 0.3) is 0 Å². The Hall–Kier alpha value is -2.08. The molecule has 4 nitrogen and oxygen atoms in total. The van der Waals surface area contributed by atoms with Crippen LogP contribution in [0, 0.1) is 13.8 Å². The highest BCUT2D eigenvalue weighted by Gasteiger charge is 2.29. The van der Waals surface area contributed by atoms with Crippen LogP contribution in [0.5, 0.6) is 0 Å². The molecule has 2 atom stereocenters. The van der Waals surface area contributed by atoms with Crippen molar-refractivity contribution in [2.75, 3.05) is 0 Å². The molecule has 1 heterocycles. The van der Waals surface area contributed by atoms with E-state index < -0.39 is 11.4 Å². The maximum absolute atomic E-state index is 13.1. The van der Waals surface area contributed by atoms with E-state index in [1.165, 1.54) is 0 Å². The lowest BCUT2D eigenvalue weighted by atomic mass is 9.99. The summed E-state index contributed by atoms with van der Waals surface area (Å²) in [6, 6.07) is 13.3. The van der Waals surface area contributed by atoms with Crippen LogP contribution >= 0.6 is 0 Å². The van der Waals surface area contributed by atoms with E-state index >= 15 is 0 Å². The molecule has 1 aromatic heterocycles. The fourth-order valence-electron chi connectivity index (χ4n) is 3.15. The number of fused-ring (bicyclic) bond motifs is 1. The highest BCUT2D eigenvalue weighted by molar-refractivity contribution is 7.90. The number of hydrogen-bond donors (Lipinski definition) is 1. The van der Waals surface area contributed by atoms with E-state index in [1.807, 2.05) is 77.1 Å². The summed E-state index contributed by atoms with van der Waals surface area (Å²) in [6.45, 7) is 11.5. The van der Waals surface area contributed by atoms with Crippen molar-refractivity contribution >= 4 is 22.3 Å². The lowest BCUT2D eigenvalue weighted by Gasteiger charge is -2.27. The summed E-state index contributed by atoms with van der Waals surface area (Å²) in [7, 11) is 0. The second kappa shape index (κ2) is 7.74. The Morgan fingerprint density at radius 1 is 1.11 bits per heavy atom. The molecule has 5 heteroatoms. The van der Waals surface area contributed by atoms with Gasteiger partial charge in [0.2, 0.25) is 0 Å². The van der Waals surface area contributed by atoms with Crippen LogP contribution in [0.15, 0.2) is 51.7 Å². The van der Waals surface area contributed by atoms with E-state index in [9.17, 15) is 9.35 Å². The first kappa shape index (κ1) is 20.6. The Morgan fingerprint density at radius 2 is 1.75 bits per heavy atom. The van der Waals surface area contributed by atoms with Gasteiger partial charge in [-0.3, -0.25) is 4.79 Å². The number of nitrogens with one attached hydrogen (secondary N) is 1. The van der Waals surface area contributed by atoms with Crippen LogP contribution in [0.1, 0.15) is 50.4 Å². The van der Waals surface area contributed by atoms with Crippen LogP contribution in [0.3, 0.4) is 0 Å². The van der Waals surface area contributed by atoms with Crippen molar-refractivity contribution in [2.24, 2.45) is 0 Å². The number of aryl methyl sites for hydroxylation is 1. The van der Waals surface area contributed by atoms with Gasteiger partial charge in [0.1, 0.15) is 16.1 Å². The van der Waals surface area contributed by atoms with Crippen LogP contribution < -0.4 is 10.2 Å². The summed E-state index contributed by atoms with van der Waals surface area (Å²) in [5, 5.41) is 0.558. The molecule has 3 aromatic rings. The van der Waals surface area contributed by atoms with Crippen molar-refractivity contribution in [3.63, 3.8) is 0 Å². The fourth-order valence-corrected chi connectivity index (χ4v) is 3.96. The van der Waals surface area contributed by atoms with Gasteiger partial charge in [-0.05, 0) is 53.2 Å². The summed E-state index contributed by atoms with van der Waals surface area (Å²) in [6.07, 6.45) is 0. The Labute approximate surface area is 169 Å². The van der Waals surface area contributed by atoms with Gasteiger partial charge in [0.05, 0.1) is 11.4 Å². The van der Waals surface area contributed by atoms with Crippen LogP contribution in [-0.4, -0.2) is 9.30 Å². The quantitative estimate of drug-likeness (QED) is 0.615. The smallest absolute Gasteiger partial charge is 0.196 e. The molecule has 1 unspecified atom stereocenters. The maximum Gasteiger partial charge on any atom is 0.196 e. The number of benzene rings is 2. The lowest BCUT2D eigenvalue weighted by molar-refractivity contribution is 0.529. The van der Waals surface area contributed by atoms with E-state index in [-0.39, 0.29) is 16.2 Å². The Morgan fingerprint density at radius 3 is 2.36 bits per heavy atom. The predicted molar refractivity (Wildman–Crippen MR) is 117 cm³/mol. The van der Waals surface area contributed by atoms with Crippen molar-refractivity contribution in [2.45, 2.75) is 52.3 Å². The Balaban J connectivity index is 2.21. The molecule has 0 fully saturated rings. The highest BCUT2D eigenvalue weighted by Crippen LogP contribution is 2.31. The summed E-state index contributed by atoms with van der Waals surface area (Å²) >= 11 is -1.24. The minimum Gasteiger partial charge on any atom is -0.598 e. The topological polar surface area (TPSA) is 65.3 Å². The van der Waals surface area contributed by atoms with E-state index in [4.69, 9.17) is 4.42 Å². The van der Waals surface area contributed by atoms with Crippen molar-refractivity contribution in [1.82, 2.24) is 4.72 Å². The zero-order valence-corrected chi connectivity index (χ0v) is 18.1. The van der Waals surface area contributed by atoms with Gasteiger partial charge < -0.3 is 8.97 Å². The molecule has 0 aliphatic carbocycles. The van der Waals surface area contributed by atoms with Crippen LogP contribution in [0.4, 0.5) is 0 Å². The molecule has 2 aromatic carbocycles. The SMILES string of the molecule is Cc1cc(C(C)N[S@+]([O-])C(C)(C)C)c2oc(-c3ccccc3)c(C)c(=O)c2c1. The molecule has 0 spiro atoms. The molecular weight excluding hydrogens is 370 g/mol. The number of hydrogen-bond acceptors (Lipinski definition) is 4. The van der Waals surface area contributed by atoms with Gasteiger partial charge in [-0.1, -0.05) is 36.4 Å². The van der Waals surface area contributed by atoms with Gasteiger partial charge in [-0.2, -0.15) is 0 Å². The van der Waals surface area contributed by atoms with Crippen LogP contribution in [0.25, 0.3) is 22.3 Å². The molecule has 0 bridgehead atoms. The van der Waals surface area contributed by atoms with Crippen LogP contribution in [0.2, 0.25) is 0 Å². The van der Waals surface area contributed by atoms with E-state index in [0.29, 0.717) is 22.3 Å². The monoisotopic (exact) mass is 397 g/mol. The molecule has 3 rings (SSSR count). The molecule has 28 heavy (non-hydrogen) atoms. The summed E-state index contributed by atoms with van der Waals surface area (Å²) in [5.41, 5.74) is 3.78. The van der Waals surface area contributed by atoms with Crippen molar-refractivity contribution in [3.05, 3.63) is 69.4 Å². The zero-order chi connectivity index (χ0) is 20.6. The van der Waals surface area contributed by atoms with Crippen LogP contribution in [-0.2, 0) is 11.4 Å². The second-order valence-corrected chi connectivity index (χ2v) is 10.2. The van der Waals surface area contributed by atoms with Crippen molar-refractivity contribution < 1.29 is 8.97 Å². The average Bonchev–Trinajstić information content (AvgIpc) is 2.64. The van der Waals surface area contributed by atoms with Gasteiger partial charge in [-0.15, -0.1) is 4.72 Å². The van der Waals surface area contributed by atoms with Gasteiger partial charge in [0, 0.05) is 28.1 Å².